The fourth-order valence-electron chi connectivity index (χ4n) is 2.15. The maximum atomic E-state index is 12.4. The fourth-order valence-corrected chi connectivity index (χ4v) is 2.15. The zero-order valence-electron chi connectivity index (χ0n) is 12.4. The lowest BCUT2D eigenvalue weighted by Gasteiger charge is -2.18. The minimum absolute atomic E-state index is 0.169. The van der Waals surface area contributed by atoms with E-state index in [2.05, 4.69) is 16.4 Å². The Balaban J connectivity index is 2.20. The van der Waals surface area contributed by atoms with Crippen LogP contribution in [0.5, 0.6) is 0 Å². The molecular weight excluding hydrogens is 264 g/mol. The summed E-state index contributed by atoms with van der Waals surface area (Å²) in [6.07, 6.45) is 3.50. The van der Waals surface area contributed by atoms with Gasteiger partial charge in [-0.1, -0.05) is 26.0 Å². The van der Waals surface area contributed by atoms with Crippen molar-refractivity contribution in [1.82, 2.24) is 9.55 Å². The molecule has 0 saturated heterocycles. The van der Waals surface area contributed by atoms with Gasteiger partial charge in [0.05, 0.1) is 11.3 Å². The molecular formula is C16H18N4O. The number of hydrogen-bond donors (Lipinski definition) is 1. The Bertz CT molecular complexity index is 682. The Morgan fingerprint density at radius 2 is 2.05 bits per heavy atom. The van der Waals surface area contributed by atoms with E-state index in [0.29, 0.717) is 11.3 Å². The van der Waals surface area contributed by atoms with Gasteiger partial charge in [-0.25, -0.2) is 4.98 Å². The quantitative estimate of drug-likeness (QED) is 0.936. The molecule has 0 bridgehead atoms. The molecule has 0 aliphatic carbocycles. The van der Waals surface area contributed by atoms with Crippen molar-refractivity contribution in [3.05, 3.63) is 48.0 Å². The molecule has 0 saturated carbocycles. The van der Waals surface area contributed by atoms with E-state index < -0.39 is 6.04 Å². The number of carbonyl (C=O) groups is 1. The van der Waals surface area contributed by atoms with Crippen molar-refractivity contribution < 1.29 is 4.79 Å². The van der Waals surface area contributed by atoms with E-state index >= 15 is 0 Å². The van der Waals surface area contributed by atoms with Gasteiger partial charge >= 0.3 is 0 Å². The second-order valence-electron chi connectivity index (χ2n) is 5.17. The third-order valence-electron chi connectivity index (χ3n) is 3.32. The molecule has 1 atom stereocenters. The van der Waals surface area contributed by atoms with Crippen molar-refractivity contribution in [3.63, 3.8) is 0 Å². The van der Waals surface area contributed by atoms with Crippen molar-refractivity contribution >= 4 is 11.6 Å². The van der Waals surface area contributed by atoms with Gasteiger partial charge in [-0.3, -0.25) is 4.79 Å². The van der Waals surface area contributed by atoms with Gasteiger partial charge in [-0.05, 0) is 19.1 Å². The first-order valence-electron chi connectivity index (χ1n) is 6.87. The molecule has 2 aromatic rings. The molecule has 1 unspecified atom stereocenters. The summed E-state index contributed by atoms with van der Waals surface area (Å²) in [5, 5.41) is 11.9. The highest BCUT2D eigenvalue weighted by Crippen LogP contribution is 2.20. The normalized spacial score (nSPS) is 12.0. The lowest BCUT2D eigenvalue weighted by Crippen LogP contribution is -2.25. The van der Waals surface area contributed by atoms with Crippen molar-refractivity contribution in [2.45, 2.75) is 32.7 Å². The van der Waals surface area contributed by atoms with Crippen LogP contribution in [-0.4, -0.2) is 15.5 Å². The molecule has 1 aromatic carbocycles. The number of nitrogens with one attached hydrogen (secondary N) is 1. The number of carbonyl (C=O) groups excluding carboxylic acids is 1. The molecule has 0 aliphatic rings. The molecule has 108 valence electrons. The molecule has 1 aromatic heterocycles. The second-order valence-corrected chi connectivity index (χ2v) is 5.17. The summed E-state index contributed by atoms with van der Waals surface area (Å²) in [6, 6.07) is 8.64. The van der Waals surface area contributed by atoms with E-state index in [1.54, 1.807) is 36.7 Å². The SMILES string of the molecule is CC(C)c1nccn1C(C)C(=O)Nc1ccccc1C#N. The van der Waals surface area contributed by atoms with Gasteiger partial charge in [-0.2, -0.15) is 5.26 Å². The van der Waals surface area contributed by atoms with Crippen LogP contribution in [0.1, 0.15) is 44.1 Å². The molecule has 1 N–H and O–H groups in total. The van der Waals surface area contributed by atoms with E-state index in [9.17, 15) is 4.79 Å². The Morgan fingerprint density at radius 3 is 2.71 bits per heavy atom. The monoisotopic (exact) mass is 282 g/mol. The molecule has 5 heteroatoms. The van der Waals surface area contributed by atoms with Crippen LogP contribution in [0.15, 0.2) is 36.7 Å². The average Bonchev–Trinajstić information content (AvgIpc) is 2.96. The van der Waals surface area contributed by atoms with Gasteiger partial charge in [0.25, 0.3) is 0 Å². The maximum absolute atomic E-state index is 12.4. The molecule has 0 aliphatic heterocycles. The highest BCUT2D eigenvalue weighted by atomic mass is 16.2. The van der Waals surface area contributed by atoms with Crippen molar-refractivity contribution in [2.24, 2.45) is 0 Å². The number of hydrogen-bond acceptors (Lipinski definition) is 3. The third kappa shape index (κ3) is 3.11. The number of anilines is 1. The standard InChI is InChI=1S/C16H18N4O/c1-11(2)15-18-8-9-20(15)12(3)16(21)19-14-7-5-4-6-13(14)10-17/h4-9,11-12H,1-3H3,(H,19,21). The van der Waals surface area contributed by atoms with Crippen LogP contribution in [0.3, 0.4) is 0 Å². The van der Waals surface area contributed by atoms with E-state index in [1.165, 1.54) is 0 Å². The van der Waals surface area contributed by atoms with Crippen molar-refractivity contribution in [3.8, 4) is 6.07 Å². The van der Waals surface area contributed by atoms with Gasteiger partial charge in [0.1, 0.15) is 17.9 Å². The van der Waals surface area contributed by atoms with E-state index in [1.807, 2.05) is 25.3 Å². The van der Waals surface area contributed by atoms with E-state index in [-0.39, 0.29) is 11.8 Å². The lowest BCUT2D eigenvalue weighted by atomic mass is 10.1. The topological polar surface area (TPSA) is 70.7 Å². The molecule has 21 heavy (non-hydrogen) atoms. The summed E-state index contributed by atoms with van der Waals surface area (Å²) in [5.74, 6) is 0.936. The average molecular weight is 282 g/mol. The Kier molecular flexibility index (Phi) is 4.39. The number of nitriles is 1. The van der Waals surface area contributed by atoms with Crippen LogP contribution < -0.4 is 5.32 Å². The number of amides is 1. The van der Waals surface area contributed by atoms with Gasteiger partial charge in [0, 0.05) is 18.3 Å². The van der Waals surface area contributed by atoms with Gasteiger partial charge in [-0.15, -0.1) is 0 Å². The number of rotatable bonds is 4. The highest BCUT2D eigenvalue weighted by molar-refractivity contribution is 5.94. The Morgan fingerprint density at radius 1 is 1.33 bits per heavy atom. The Labute approximate surface area is 124 Å². The summed E-state index contributed by atoms with van der Waals surface area (Å²) in [6.45, 7) is 5.89. The van der Waals surface area contributed by atoms with Crippen LogP contribution in [0.2, 0.25) is 0 Å². The van der Waals surface area contributed by atoms with Gasteiger partial charge < -0.3 is 9.88 Å². The maximum Gasteiger partial charge on any atom is 0.247 e. The minimum atomic E-state index is -0.392. The summed E-state index contributed by atoms with van der Waals surface area (Å²) in [5.41, 5.74) is 0.982. The van der Waals surface area contributed by atoms with E-state index in [0.717, 1.165) is 5.82 Å². The first-order valence-corrected chi connectivity index (χ1v) is 6.87. The van der Waals surface area contributed by atoms with Gasteiger partial charge in [0.2, 0.25) is 5.91 Å². The Hall–Kier alpha value is -2.61. The largest absolute Gasteiger partial charge is 0.323 e. The van der Waals surface area contributed by atoms with Crippen LogP contribution in [-0.2, 0) is 4.79 Å². The molecule has 2 rings (SSSR count). The number of imidazole rings is 1. The summed E-state index contributed by atoms with van der Waals surface area (Å²) >= 11 is 0. The summed E-state index contributed by atoms with van der Waals surface area (Å²) in [7, 11) is 0. The smallest absolute Gasteiger partial charge is 0.247 e. The summed E-state index contributed by atoms with van der Waals surface area (Å²) in [4.78, 5) is 16.7. The van der Waals surface area contributed by atoms with E-state index in [4.69, 9.17) is 5.26 Å². The predicted molar refractivity (Wildman–Crippen MR) is 80.8 cm³/mol. The summed E-state index contributed by atoms with van der Waals surface area (Å²) < 4.78 is 1.86. The third-order valence-corrected chi connectivity index (χ3v) is 3.32. The molecule has 1 heterocycles. The molecule has 1 amide bonds. The number of nitrogens with zero attached hydrogens (tertiary/aromatic N) is 3. The minimum Gasteiger partial charge on any atom is -0.323 e. The number of benzene rings is 1. The second kappa shape index (κ2) is 6.23. The van der Waals surface area contributed by atoms with Crippen LogP contribution in [0, 0.1) is 11.3 Å². The molecule has 0 fully saturated rings. The number of para-hydroxylation sites is 1. The first kappa shape index (κ1) is 14.8. The lowest BCUT2D eigenvalue weighted by molar-refractivity contribution is -0.118. The molecule has 0 spiro atoms. The molecule has 5 nitrogen and oxygen atoms in total. The predicted octanol–water partition coefficient (Wildman–Crippen LogP) is 3.08. The van der Waals surface area contributed by atoms with Crippen LogP contribution in [0.25, 0.3) is 0 Å². The molecule has 0 radical (unpaired) electrons. The van der Waals surface area contributed by atoms with Crippen molar-refractivity contribution in [1.29, 1.82) is 5.26 Å². The zero-order valence-corrected chi connectivity index (χ0v) is 12.4. The van der Waals surface area contributed by atoms with Crippen LogP contribution in [0.4, 0.5) is 5.69 Å². The number of aromatic nitrogens is 2. The zero-order chi connectivity index (χ0) is 15.4. The van der Waals surface area contributed by atoms with Gasteiger partial charge in [0.15, 0.2) is 0 Å². The fraction of sp³-hybridized carbons (Fsp3) is 0.312. The van der Waals surface area contributed by atoms with Crippen molar-refractivity contribution in [2.75, 3.05) is 5.32 Å². The first-order chi connectivity index (χ1) is 10.0. The highest BCUT2D eigenvalue weighted by Gasteiger charge is 2.19. The van der Waals surface area contributed by atoms with Crippen LogP contribution >= 0.6 is 0 Å².